The Bertz CT molecular complexity index is 698. The largest absolute Gasteiger partial charge is 0.444 e. The molecular formula is C21H31N3O3. The minimum Gasteiger partial charge on any atom is -0.444 e. The highest BCUT2D eigenvalue weighted by Gasteiger charge is 2.52. The number of likely N-dealkylation sites (tertiary alicyclic amines) is 1. The molecule has 1 aromatic carbocycles. The molecule has 0 aromatic heterocycles. The summed E-state index contributed by atoms with van der Waals surface area (Å²) in [5, 5.41) is 3.06. The number of carbonyl (C=O) groups excluding carboxylic acids is 2. The Labute approximate surface area is 161 Å². The van der Waals surface area contributed by atoms with Gasteiger partial charge in [-0.15, -0.1) is 0 Å². The number of nitrogens with zero attached hydrogens (tertiary/aromatic N) is 2. The number of hydrogen-bond acceptors (Lipinski definition) is 4. The first kappa shape index (κ1) is 19.5. The summed E-state index contributed by atoms with van der Waals surface area (Å²) < 4.78 is 5.48. The number of amides is 2. The molecule has 27 heavy (non-hydrogen) atoms. The maximum absolute atomic E-state index is 12.8. The fourth-order valence-electron chi connectivity index (χ4n) is 4.16. The van der Waals surface area contributed by atoms with E-state index in [9.17, 15) is 9.59 Å². The van der Waals surface area contributed by atoms with Gasteiger partial charge in [-0.1, -0.05) is 12.1 Å². The van der Waals surface area contributed by atoms with Crippen LogP contribution in [0.15, 0.2) is 24.3 Å². The lowest BCUT2D eigenvalue weighted by atomic mass is 9.68. The number of hydrogen-bond donors (Lipinski definition) is 1. The number of carbonyl (C=O) groups is 2. The van der Waals surface area contributed by atoms with Crippen LogP contribution in [-0.4, -0.2) is 56.2 Å². The molecule has 2 heterocycles. The van der Waals surface area contributed by atoms with Crippen LogP contribution >= 0.6 is 0 Å². The second-order valence-corrected chi connectivity index (χ2v) is 8.87. The van der Waals surface area contributed by atoms with Crippen LogP contribution in [0.25, 0.3) is 0 Å². The van der Waals surface area contributed by atoms with Crippen molar-refractivity contribution in [3.05, 3.63) is 29.8 Å². The van der Waals surface area contributed by atoms with Gasteiger partial charge in [0.25, 0.3) is 0 Å². The molecule has 2 aliphatic rings. The fraction of sp³-hybridized carbons (Fsp3) is 0.619. The Hall–Kier alpha value is -2.24. The Morgan fingerprint density at radius 3 is 2.30 bits per heavy atom. The smallest absolute Gasteiger partial charge is 0.410 e. The van der Waals surface area contributed by atoms with E-state index in [-0.39, 0.29) is 17.9 Å². The Balaban J connectivity index is 1.74. The second kappa shape index (κ2) is 7.06. The van der Waals surface area contributed by atoms with Gasteiger partial charge in [0.2, 0.25) is 5.91 Å². The van der Waals surface area contributed by atoms with Crippen molar-refractivity contribution in [3.63, 3.8) is 0 Å². The first-order valence-electron chi connectivity index (χ1n) is 9.66. The average molecular weight is 373 g/mol. The first-order valence-corrected chi connectivity index (χ1v) is 9.66. The summed E-state index contributed by atoms with van der Waals surface area (Å²) in [7, 11) is 4.03. The third-order valence-electron chi connectivity index (χ3n) is 5.71. The molecule has 1 aromatic rings. The number of ether oxygens (including phenoxy) is 1. The number of nitrogens with one attached hydrogen (secondary N) is 1. The van der Waals surface area contributed by atoms with Gasteiger partial charge in [0.15, 0.2) is 0 Å². The highest BCUT2D eigenvalue weighted by molar-refractivity contribution is 5.87. The van der Waals surface area contributed by atoms with Crippen LogP contribution < -0.4 is 10.2 Å². The number of anilines is 1. The fourth-order valence-corrected chi connectivity index (χ4v) is 4.16. The van der Waals surface area contributed by atoms with E-state index in [0.29, 0.717) is 32.5 Å². The molecule has 0 radical (unpaired) electrons. The SMILES string of the molecule is CN(C)c1ccc(C2CNC(=O)C23CCN(C(=O)OC(C)(C)C)CC3)cc1. The molecule has 0 saturated carbocycles. The van der Waals surface area contributed by atoms with Crippen LogP contribution in [0.3, 0.4) is 0 Å². The van der Waals surface area contributed by atoms with Crippen molar-refractivity contribution < 1.29 is 14.3 Å². The average Bonchev–Trinajstić information content (AvgIpc) is 2.90. The van der Waals surface area contributed by atoms with Gasteiger partial charge in [0, 0.05) is 45.3 Å². The molecule has 1 unspecified atom stereocenters. The highest BCUT2D eigenvalue weighted by Crippen LogP contribution is 2.48. The standard InChI is InChI=1S/C21H31N3O3/c1-20(2,3)27-19(26)24-12-10-21(11-13-24)17(14-22-18(21)25)15-6-8-16(9-7-15)23(4)5/h6-9,17H,10-14H2,1-5H3,(H,22,25). The van der Waals surface area contributed by atoms with Gasteiger partial charge >= 0.3 is 6.09 Å². The van der Waals surface area contributed by atoms with Crippen molar-refractivity contribution >= 4 is 17.7 Å². The maximum atomic E-state index is 12.8. The Morgan fingerprint density at radius 1 is 1.19 bits per heavy atom. The van der Waals surface area contributed by atoms with Crippen molar-refractivity contribution in [1.82, 2.24) is 10.2 Å². The molecule has 1 N–H and O–H groups in total. The summed E-state index contributed by atoms with van der Waals surface area (Å²) in [5.74, 6) is 0.259. The third kappa shape index (κ3) is 3.89. The predicted molar refractivity (Wildman–Crippen MR) is 106 cm³/mol. The van der Waals surface area contributed by atoms with E-state index < -0.39 is 11.0 Å². The summed E-state index contributed by atoms with van der Waals surface area (Å²) in [6, 6.07) is 8.45. The van der Waals surface area contributed by atoms with E-state index in [1.54, 1.807) is 4.90 Å². The van der Waals surface area contributed by atoms with E-state index in [0.717, 1.165) is 5.69 Å². The lowest BCUT2D eigenvalue weighted by Crippen LogP contribution is -2.49. The van der Waals surface area contributed by atoms with Crippen molar-refractivity contribution in [2.45, 2.75) is 45.1 Å². The maximum Gasteiger partial charge on any atom is 0.410 e. The van der Waals surface area contributed by atoms with Gasteiger partial charge in [-0.2, -0.15) is 0 Å². The highest BCUT2D eigenvalue weighted by atomic mass is 16.6. The zero-order chi connectivity index (χ0) is 19.8. The molecule has 2 saturated heterocycles. The minimum atomic E-state index is -0.506. The van der Waals surface area contributed by atoms with Gasteiger partial charge < -0.3 is 19.9 Å². The van der Waals surface area contributed by atoms with Crippen LogP contribution in [0.1, 0.15) is 45.1 Å². The number of rotatable bonds is 2. The number of piperidine rings is 1. The molecular weight excluding hydrogens is 342 g/mol. The molecule has 1 atom stereocenters. The predicted octanol–water partition coefficient (Wildman–Crippen LogP) is 2.98. The summed E-state index contributed by atoms with van der Waals surface area (Å²) in [4.78, 5) is 28.9. The zero-order valence-electron chi connectivity index (χ0n) is 17.0. The van der Waals surface area contributed by atoms with Crippen LogP contribution in [0, 0.1) is 5.41 Å². The van der Waals surface area contributed by atoms with Crippen LogP contribution in [0.4, 0.5) is 10.5 Å². The van der Waals surface area contributed by atoms with E-state index in [2.05, 4.69) is 34.5 Å². The molecule has 6 nitrogen and oxygen atoms in total. The zero-order valence-corrected chi connectivity index (χ0v) is 17.0. The van der Waals surface area contributed by atoms with Gasteiger partial charge in [0.05, 0.1) is 5.41 Å². The van der Waals surface area contributed by atoms with Crippen molar-refractivity contribution in [2.24, 2.45) is 5.41 Å². The van der Waals surface area contributed by atoms with E-state index in [1.807, 2.05) is 34.9 Å². The second-order valence-electron chi connectivity index (χ2n) is 8.87. The monoisotopic (exact) mass is 373 g/mol. The van der Waals surface area contributed by atoms with Crippen LogP contribution in [0.5, 0.6) is 0 Å². The van der Waals surface area contributed by atoms with Gasteiger partial charge in [0.1, 0.15) is 5.60 Å². The molecule has 148 valence electrons. The van der Waals surface area contributed by atoms with E-state index in [1.165, 1.54) is 5.56 Å². The molecule has 2 fully saturated rings. The molecule has 2 amide bonds. The van der Waals surface area contributed by atoms with Crippen molar-refractivity contribution in [3.8, 4) is 0 Å². The third-order valence-corrected chi connectivity index (χ3v) is 5.71. The normalized spacial score (nSPS) is 21.9. The van der Waals surface area contributed by atoms with E-state index >= 15 is 0 Å². The molecule has 1 spiro atoms. The van der Waals surface area contributed by atoms with Crippen LogP contribution in [0.2, 0.25) is 0 Å². The summed E-state index contributed by atoms with van der Waals surface area (Å²) in [5.41, 5.74) is 1.39. The van der Waals surface area contributed by atoms with Gasteiger partial charge in [-0.25, -0.2) is 4.79 Å². The first-order chi connectivity index (χ1) is 12.6. The molecule has 3 rings (SSSR count). The molecule has 6 heteroatoms. The lowest BCUT2D eigenvalue weighted by molar-refractivity contribution is -0.130. The van der Waals surface area contributed by atoms with E-state index in [4.69, 9.17) is 4.74 Å². The minimum absolute atomic E-state index is 0.119. The van der Waals surface area contributed by atoms with Crippen molar-refractivity contribution in [2.75, 3.05) is 38.6 Å². The number of benzene rings is 1. The quantitative estimate of drug-likeness (QED) is 0.866. The molecule has 0 bridgehead atoms. The summed E-state index contributed by atoms with van der Waals surface area (Å²) >= 11 is 0. The summed E-state index contributed by atoms with van der Waals surface area (Å²) in [6.45, 7) is 7.37. The topological polar surface area (TPSA) is 61.9 Å². The Kier molecular flexibility index (Phi) is 5.10. The molecule has 2 aliphatic heterocycles. The van der Waals surface area contributed by atoms with Crippen molar-refractivity contribution in [1.29, 1.82) is 0 Å². The molecule has 0 aliphatic carbocycles. The lowest BCUT2D eigenvalue weighted by Gasteiger charge is -2.41. The summed E-state index contributed by atoms with van der Waals surface area (Å²) in [6.07, 6.45) is 1.04. The van der Waals surface area contributed by atoms with Gasteiger partial charge in [-0.05, 0) is 51.3 Å². The Morgan fingerprint density at radius 2 is 1.78 bits per heavy atom. The van der Waals surface area contributed by atoms with Gasteiger partial charge in [-0.3, -0.25) is 4.79 Å². The van der Waals surface area contributed by atoms with Crippen LogP contribution in [-0.2, 0) is 9.53 Å².